The highest BCUT2D eigenvalue weighted by atomic mass is 16.3. The highest BCUT2D eigenvalue weighted by Crippen LogP contribution is 1.78. The van der Waals surface area contributed by atoms with Crippen LogP contribution in [0.1, 0.15) is 0 Å². The monoisotopic (exact) mass is 94.0 g/mol. The molecule has 0 saturated carbocycles. The Labute approximate surface area is 40.7 Å². The van der Waals surface area contributed by atoms with Crippen molar-refractivity contribution in [3.63, 3.8) is 0 Å². The predicted octanol–water partition coefficient (Wildman–Crippen LogP) is 0.475. The molecule has 3 nitrogen and oxygen atoms in total. The molecule has 0 aromatic carbocycles. The fourth-order valence-corrected chi connectivity index (χ4v) is 0.0934. The molecule has 0 aliphatic carbocycles. The summed E-state index contributed by atoms with van der Waals surface area (Å²) in [6.45, 7) is 0. The zero-order valence-electron chi connectivity index (χ0n) is 3.42. The molecular weight excluding hydrogens is 92.1 g/mol. The van der Waals surface area contributed by atoms with E-state index in [0.717, 1.165) is 6.08 Å². The first kappa shape index (κ1) is 5.52. The predicted molar refractivity (Wildman–Crippen MR) is 21.9 cm³/mol. The summed E-state index contributed by atoms with van der Waals surface area (Å²) in [5, 5.41) is 23.6. The van der Waals surface area contributed by atoms with Crippen molar-refractivity contribution in [3.8, 4) is 12.1 Å². The second kappa shape index (κ2) is 2.74. The van der Waals surface area contributed by atoms with Crippen LogP contribution in [0.15, 0.2) is 11.8 Å². The number of aliphatic hydroxyl groups excluding tert-OH is 1. The summed E-state index contributed by atoms with van der Waals surface area (Å²) >= 11 is 0. The van der Waals surface area contributed by atoms with Crippen molar-refractivity contribution in [1.82, 2.24) is 0 Å². The van der Waals surface area contributed by atoms with Gasteiger partial charge in [-0.2, -0.15) is 10.5 Å². The Hall–Kier alpha value is -1.48. The summed E-state index contributed by atoms with van der Waals surface area (Å²) in [6, 6.07) is 2.84. The van der Waals surface area contributed by atoms with Gasteiger partial charge in [0.2, 0.25) is 5.76 Å². The van der Waals surface area contributed by atoms with E-state index in [2.05, 4.69) is 0 Å². The van der Waals surface area contributed by atoms with Crippen LogP contribution in [0, 0.1) is 22.7 Å². The number of hydrogen-bond donors (Lipinski definition) is 1. The van der Waals surface area contributed by atoms with E-state index in [-0.39, 0.29) is 0 Å². The molecule has 0 spiro atoms. The number of aliphatic hydroxyl groups is 1. The van der Waals surface area contributed by atoms with Crippen LogP contribution in [0.4, 0.5) is 0 Å². The van der Waals surface area contributed by atoms with Crippen molar-refractivity contribution in [2.75, 3.05) is 0 Å². The van der Waals surface area contributed by atoms with Crippen LogP contribution in [-0.2, 0) is 0 Å². The maximum Gasteiger partial charge on any atom is 0.205 e. The van der Waals surface area contributed by atoms with Crippen molar-refractivity contribution in [1.29, 1.82) is 10.5 Å². The fourth-order valence-electron chi connectivity index (χ4n) is 0.0934. The van der Waals surface area contributed by atoms with Gasteiger partial charge in [0, 0.05) is 0 Å². The molecule has 0 heterocycles. The van der Waals surface area contributed by atoms with Gasteiger partial charge in [-0.3, -0.25) is 0 Å². The van der Waals surface area contributed by atoms with E-state index in [4.69, 9.17) is 15.6 Å². The number of nitrogens with zero attached hydrogens (tertiary/aromatic N) is 2. The molecule has 0 fully saturated rings. The van der Waals surface area contributed by atoms with Crippen molar-refractivity contribution in [3.05, 3.63) is 11.8 Å². The molecular formula is C4H2N2O. The lowest BCUT2D eigenvalue weighted by atomic mass is 10.5. The van der Waals surface area contributed by atoms with Crippen LogP contribution in [0.2, 0.25) is 0 Å². The first-order valence-electron chi connectivity index (χ1n) is 1.50. The van der Waals surface area contributed by atoms with Crippen LogP contribution < -0.4 is 0 Å². The zero-order chi connectivity index (χ0) is 5.70. The van der Waals surface area contributed by atoms with Crippen LogP contribution >= 0.6 is 0 Å². The Kier molecular flexibility index (Phi) is 2.16. The lowest BCUT2D eigenvalue weighted by Crippen LogP contribution is -1.67. The largest absolute Gasteiger partial charge is 0.499 e. The van der Waals surface area contributed by atoms with E-state index in [9.17, 15) is 0 Å². The Morgan fingerprint density at radius 1 is 1.57 bits per heavy atom. The summed E-state index contributed by atoms with van der Waals surface area (Å²) < 4.78 is 0. The average Bonchev–Trinajstić information content (AvgIpc) is 1.68. The molecule has 0 amide bonds. The second-order valence-corrected chi connectivity index (χ2v) is 0.770. The van der Waals surface area contributed by atoms with Gasteiger partial charge >= 0.3 is 0 Å². The van der Waals surface area contributed by atoms with E-state index < -0.39 is 5.76 Å². The van der Waals surface area contributed by atoms with E-state index in [0.29, 0.717) is 0 Å². The fraction of sp³-hybridized carbons (Fsp3) is 0. The maximum atomic E-state index is 8.14. The molecule has 1 N–H and O–H groups in total. The van der Waals surface area contributed by atoms with Gasteiger partial charge in [-0.05, 0) is 0 Å². The molecule has 0 rings (SSSR count). The molecule has 0 aromatic rings. The molecule has 0 bridgehead atoms. The third-order valence-electron chi connectivity index (χ3n) is 0.316. The smallest absolute Gasteiger partial charge is 0.205 e. The molecule has 0 atom stereocenters. The first-order valence-corrected chi connectivity index (χ1v) is 1.50. The quantitative estimate of drug-likeness (QED) is 0.269. The third-order valence-corrected chi connectivity index (χ3v) is 0.316. The molecule has 0 saturated heterocycles. The van der Waals surface area contributed by atoms with Gasteiger partial charge in [-0.1, -0.05) is 0 Å². The highest BCUT2D eigenvalue weighted by Gasteiger charge is 1.79. The minimum atomic E-state index is -0.553. The normalized spacial score (nSPS) is 9.14. The Bertz CT molecular complexity index is 158. The molecule has 0 aliphatic heterocycles. The third kappa shape index (κ3) is 2.32. The lowest BCUT2D eigenvalue weighted by Gasteiger charge is -1.69. The SMILES string of the molecule is N#C/C=C(/O)C#N. The first-order chi connectivity index (χ1) is 3.31. The van der Waals surface area contributed by atoms with Crippen LogP contribution in [-0.4, -0.2) is 5.11 Å². The van der Waals surface area contributed by atoms with Gasteiger partial charge < -0.3 is 5.11 Å². The molecule has 7 heavy (non-hydrogen) atoms. The van der Waals surface area contributed by atoms with E-state index in [1.807, 2.05) is 0 Å². The van der Waals surface area contributed by atoms with E-state index in [1.165, 1.54) is 12.1 Å². The van der Waals surface area contributed by atoms with Gasteiger partial charge in [0.1, 0.15) is 6.07 Å². The number of nitriles is 2. The minimum Gasteiger partial charge on any atom is -0.499 e. The van der Waals surface area contributed by atoms with Crippen molar-refractivity contribution < 1.29 is 5.11 Å². The summed E-state index contributed by atoms with van der Waals surface area (Å²) in [4.78, 5) is 0. The molecule has 3 heteroatoms. The van der Waals surface area contributed by atoms with Crippen molar-refractivity contribution in [2.24, 2.45) is 0 Å². The number of allylic oxidation sites excluding steroid dienone is 2. The van der Waals surface area contributed by atoms with Crippen LogP contribution in [0.5, 0.6) is 0 Å². The summed E-state index contributed by atoms with van der Waals surface area (Å²) in [7, 11) is 0. The lowest BCUT2D eigenvalue weighted by molar-refractivity contribution is 0.437. The Balaban J connectivity index is 3.89. The van der Waals surface area contributed by atoms with Gasteiger partial charge in [-0.25, -0.2) is 0 Å². The second-order valence-electron chi connectivity index (χ2n) is 0.770. The summed E-state index contributed by atoms with van der Waals surface area (Å²) in [5.41, 5.74) is 0. The van der Waals surface area contributed by atoms with Gasteiger partial charge in [0.05, 0.1) is 12.1 Å². The van der Waals surface area contributed by atoms with E-state index in [1.54, 1.807) is 0 Å². The van der Waals surface area contributed by atoms with Crippen LogP contribution in [0.25, 0.3) is 0 Å². The zero-order valence-corrected chi connectivity index (χ0v) is 3.42. The van der Waals surface area contributed by atoms with Crippen LogP contribution in [0.3, 0.4) is 0 Å². The minimum absolute atomic E-state index is 0.553. The number of rotatable bonds is 0. The topological polar surface area (TPSA) is 67.8 Å². The van der Waals surface area contributed by atoms with Gasteiger partial charge in [-0.15, -0.1) is 0 Å². The highest BCUT2D eigenvalue weighted by molar-refractivity contribution is 5.18. The maximum absolute atomic E-state index is 8.14. The molecule has 0 unspecified atom stereocenters. The molecule has 0 aliphatic rings. The van der Waals surface area contributed by atoms with Gasteiger partial charge in [0.25, 0.3) is 0 Å². The Morgan fingerprint density at radius 3 is 2.29 bits per heavy atom. The molecule has 0 aromatic heterocycles. The van der Waals surface area contributed by atoms with Crippen molar-refractivity contribution in [2.45, 2.75) is 0 Å². The van der Waals surface area contributed by atoms with Gasteiger partial charge in [0.15, 0.2) is 0 Å². The summed E-state index contributed by atoms with van der Waals surface area (Å²) in [5.74, 6) is -0.553. The Morgan fingerprint density at radius 2 is 2.14 bits per heavy atom. The standard InChI is InChI=1S/C4H2N2O/c5-2-1-4(7)3-6/h1,7H/b4-1+. The molecule has 0 radical (unpaired) electrons. The average molecular weight is 94.1 g/mol. The molecule has 34 valence electrons. The summed E-state index contributed by atoms with van der Waals surface area (Å²) in [6.07, 6.45) is 0.764. The number of hydrogen-bond acceptors (Lipinski definition) is 3. The van der Waals surface area contributed by atoms with Crippen molar-refractivity contribution >= 4 is 0 Å². The van der Waals surface area contributed by atoms with E-state index >= 15 is 0 Å².